The van der Waals surface area contributed by atoms with Crippen molar-refractivity contribution in [2.45, 2.75) is 39.2 Å². The van der Waals surface area contributed by atoms with Crippen LogP contribution in [0.15, 0.2) is 0 Å². The fourth-order valence-corrected chi connectivity index (χ4v) is 0.480. The number of halogens is 1. The van der Waals surface area contributed by atoms with Crippen LogP contribution in [0.4, 0.5) is 0 Å². The van der Waals surface area contributed by atoms with E-state index in [4.69, 9.17) is 4.74 Å². The quantitative estimate of drug-likeness (QED) is 0.315. The first-order valence-corrected chi connectivity index (χ1v) is 3.49. The third kappa shape index (κ3) is 18.2. The zero-order chi connectivity index (χ0) is 7.33. The third-order valence-electron chi connectivity index (χ3n) is 0.929. The molecule has 0 N–H and O–H groups in total. The summed E-state index contributed by atoms with van der Waals surface area (Å²) in [4.78, 5) is 0. The number of unbranched alkanes of at least 4 members (excludes halogenated alkanes) is 1. The van der Waals surface area contributed by atoms with Gasteiger partial charge in [0.2, 0.25) is 0 Å². The van der Waals surface area contributed by atoms with E-state index in [9.17, 15) is 0 Å². The van der Waals surface area contributed by atoms with Gasteiger partial charge in [-0.1, -0.05) is 6.42 Å². The number of hydrogen-bond acceptors (Lipinski definition) is 1. The molecule has 0 heterocycles. The normalized spacial score (nSPS) is 9.82. The predicted molar refractivity (Wildman–Crippen MR) is 46.1 cm³/mol. The van der Waals surface area contributed by atoms with Gasteiger partial charge in [0.05, 0.1) is 5.60 Å². The number of rotatable bonds is 3. The van der Waals surface area contributed by atoms with E-state index in [-0.39, 0.29) is 41.1 Å². The second kappa shape index (κ2) is 9.11. The largest absolute Gasteiger partial charge is 2.00 e. The van der Waals surface area contributed by atoms with Crippen LogP contribution in [-0.2, 0) is 4.74 Å². The Bertz CT molecular complexity index is 71.0. The molecule has 0 aliphatic rings. The molecule has 0 aromatic heterocycles. The van der Waals surface area contributed by atoms with Crippen LogP contribution in [0.5, 0.6) is 0 Å². The molecule has 0 fully saturated rings. The molecule has 0 saturated carbocycles. The smallest absolute Gasteiger partial charge is 1.00 e. The maximum absolute atomic E-state index is 5.43. The summed E-state index contributed by atoms with van der Waals surface area (Å²) in [6.07, 6.45) is 2.04. The van der Waals surface area contributed by atoms with Gasteiger partial charge in [0.1, 0.15) is 0 Å². The SMILES string of the molecule is [CH2-]CCCOC(C)(C)C.[Cl-].[Mg+2]. The molecule has 0 unspecified atom stereocenters. The van der Waals surface area contributed by atoms with E-state index in [0.717, 1.165) is 19.4 Å². The van der Waals surface area contributed by atoms with Gasteiger partial charge in [-0.15, -0.1) is 0 Å². The average molecular weight is 189 g/mol. The molecular formula is C8H17ClMgO. The van der Waals surface area contributed by atoms with Crippen molar-refractivity contribution in [3.8, 4) is 0 Å². The van der Waals surface area contributed by atoms with Crippen LogP contribution < -0.4 is 12.4 Å². The molecule has 0 radical (unpaired) electrons. The van der Waals surface area contributed by atoms with Crippen LogP contribution in [-0.4, -0.2) is 35.3 Å². The summed E-state index contributed by atoms with van der Waals surface area (Å²) >= 11 is 0. The molecule has 0 bridgehead atoms. The van der Waals surface area contributed by atoms with Crippen molar-refractivity contribution < 1.29 is 17.1 Å². The topological polar surface area (TPSA) is 9.23 Å². The van der Waals surface area contributed by atoms with E-state index >= 15 is 0 Å². The van der Waals surface area contributed by atoms with Gasteiger partial charge >= 0.3 is 23.1 Å². The van der Waals surface area contributed by atoms with E-state index in [1.165, 1.54) is 0 Å². The molecule has 0 atom stereocenters. The zero-order valence-electron chi connectivity index (χ0n) is 7.82. The molecule has 3 heteroatoms. The Morgan fingerprint density at radius 1 is 1.27 bits per heavy atom. The second-order valence-corrected chi connectivity index (χ2v) is 3.17. The Kier molecular flexibility index (Phi) is 14.9. The summed E-state index contributed by atoms with van der Waals surface area (Å²) in [7, 11) is 0. The van der Waals surface area contributed by atoms with Gasteiger partial charge < -0.3 is 24.1 Å². The Morgan fingerprint density at radius 2 is 1.73 bits per heavy atom. The molecule has 0 saturated heterocycles. The van der Waals surface area contributed by atoms with Crippen molar-refractivity contribution in [3.05, 3.63) is 6.92 Å². The Labute approximate surface area is 92.8 Å². The summed E-state index contributed by atoms with van der Waals surface area (Å²) in [5, 5.41) is 0. The van der Waals surface area contributed by atoms with Gasteiger partial charge in [0, 0.05) is 6.61 Å². The van der Waals surface area contributed by atoms with Gasteiger partial charge in [-0.05, 0) is 20.8 Å². The zero-order valence-corrected chi connectivity index (χ0v) is 9.99. The fraction of sp³-hybridized carbons (Fsp3) is 0.875. The first kappa shape index (κ1) is 17.9. The summed E-state index contributed by atoms with van der Waals surface area (Å²) in [6, 6.07) is 0. The minimum atomic E-state index is 0. The van der Waals surface area contributed by atoms with Crippen molar-refractivity contribution in [2.75, 3.05) is 6.61 Å². The van der Waals surface area contributed by atoms with Crippen molar-refractivity contribution in [2.24, 2.45) is 0 Å². The van der Waals surface area contributed by atoms with E-state index in [2.05, 4.69) is 27.7 Å². The average Bonchev–Trinajstić information content (AvgIpc) is 1.63. The van der Waals surface area contributed by atoms with Crippen LogP contribution in [0.2, 0.25) is 0 Å². The number of ether oxygens (including phenoxy) is 1. The molecular weight excluding hydrogens is 172 g/mol. The minimum Gasteiger partial charge on any atom is -1.00 e. The molecule has 0 aromatic rings. The molecule has 11 heavy (non-hydrogen) atoms. The van der Waals surface area contributed by atoms with Gasteiger partial charge in [-0.3, -0.25) is 0 Å². The van der Waals surface area contributed by atoms with Gasteiger partial charge in [0.15, 0.2) is 0 Å². The predicted octanol–water partition coefficient (Wildman–Crippen LogP) is -0.961. The van der Waals surface area contributed by atoms with E-state index in [0.29, 0.717) is 0 Å². The summed E-state index contributed by atoms with van der Waals surface area (Å²) in [6.45, 7) is 10.8. The Balaban J connectivity index is -0.000000320. The van der Waals surface area contributed by atoms with Crippen LogP contribution in [0, 0.1) is 6.92 Å². The van der Waals surface area contributed by atoms with Crippen molar-refractivity contribution in [1.82, 2.24) is 0 Å². The second-order valence-electron chi connectivity index (χ2n) is 3.17. The fourth-order valence-electron chi connectivity index (χ4n) is 0.480. The van der Waals surface area contributed by atoms with Gasteiger partial charge in [-0.25, -0.2) is 0 Å². The first-order chi connectivity index (χ1) is 4.06. The summed E-state index contributed by atoms with van der Waals surface area (Å²) in [5.41, 5.74) is 0.0230. The summed E-state index contributed by atoms with van der Waals surface area (Å²) in [5.74, 6) is 0. The van der Waals surface area contributed by atoms with Crippen molar-refractivity contribution in [1.29, 1.82) is 0 Å². The standard InChI is InChI=1S/C8H17O.ClH.Mg/c1-5-6-7-9-8(2,3)4;;/h1,5-7H2,2-4H3;1H;/q-1;;+2/p-1. The van der Waals surface area contributed by atoms with Crippen molar-refractivity contribution in [3.63, 3.8) is 0 Å². The van der Waals surface area contributed by atoms with E-state index < -0.39 is 0 Å². The molecule has 0 aromatic carbocycles. The first-order valence-electron chi connectivity index (χ1n) is 3.49. The monoisotopic (exact) mass is 188 g/mol. The van der Waals surface area contributed by atoms with Crippen LogP contribution in [0.1, 0.15) is 33.6 Å². The molecule has 64 valence electrons. The Morgan fingerprint density at radius 3 is 2.00 bits per heavy atom. The molecule has 1 nitrogen and oxygen atoms in total. The molecule has 0 aliphatic carbocycles. The van der Waals surface area contributed by atoms with E-state index in [1.54, 1.807) is 0 Å². The maximum Gasteiger partial charge on any atom is 2.00 e. The van der Waals surface area contributed by atoms with Crippen LogP contribution >= 0.6 is 0 Å². The van der Waals surface area contributed by atoms with Gasteiger partial charge in [-0.2, -0.15) is 6.42 Å². The summed E-state index contributed by atoms with van der Waals surface area (Å²) < 4.78 is 5.43. The Hall–Kier alpha value is 1.02. The maximum atomic E-state index is 5.43. The molecule has 0 amide bonds. The van der Waals surface area contributed by atoms with Gasteiger partial charge in [0.25, 0.3) is 0 Å². The van der Waals surface area contributed by atoms with Crippen LogP contribution in [0.3, 0.4) is 0 Å². The molecule has 0 rings (SSSR count). The minimum absolute atomic E-state index is 0. The van der Waals surface area contributed by atoms with Crippen molar-refractivity contribution >= 4 is 23.1 Å². The van der Waals surface area contributed by atoms with E-state index in [1.807, 2.05) is 0 Å². The third-order valence-corrected chi connectivity index (χ3v) is 0.929. The number of hydrogen-bond donors (Lipinski definition) is 0. The molecule has 0 aliphatic heterocycles. The molecule has 0 spiro atoms. The van der Waals surface area contributed by atoms with Crippen LogP contribution in [0.25, 0.3) is 0 Å².